The van der Waals surface area contributed by atoms with E-state index in [4.69, 9.17) is 19.4 Å². The lowest BCUT2D eigenvalue weighted by Gasteiger charge is -2.44. The number of rotatable bonds is 14. The number of hydrogen-bond donors (Lipinski definition) is 0. The Morgan fingerprint density at radius 3 is 1.40 bits per heavy atom. The van der Waals surface area contributed by atoms with Crippen LogP contribution in [-0.4, -0.2) is 73.9 Å². The van der Waals surface area contributed by atoms with Gasteiger partial charge in [0.15, 0.2) is 5.78 Å². The maximum Gasteiger partial charge on any atom is 0.417 e. The molecule has 17 heteroatoms. The fraction of sp³-hybridized carbons (Fsp3) is 0.356. The van der Waals surface area contributed by atoms with Crippen molar-refractivity contribution < 1.29 is 40.6 Å². The smallest absolute Gasteiger partial charge is 0.417 e. The number of ether oxygens (including phenoxy) is 2. The summed E-state index contributed by atoms with van der Waals surface area (Å²) in [6, 6.07) is 21.0. The molecule has 0 saturated carbocycles. The van der Waals surface area contributed by atoms with Crippen molar-refractivity contribution in [3.05, 3.63) is 131 Å². The highest BCUT2D eigenvalue weighted by Crippen LogP contribution is 2.40. The number of aromatic nitrogens is 4. The third-order valence-electron chi connectivity index (χ3n) is 11.2. The van der Waals surface area contributed by atoms with E-state index >= 15 is 4.79 Å². The summed E-state index contributed by atoms with van der Waals surface area (Å²) >= 11 is 2.58. The summed E-state index contributed by atoms with van der Waals surface area (Å²) in [5.74, 6) is 1.08. The van der Waals surface area contributed by atoms with Gasteiger partial charge in [-0.25, -0.2) is 9.97 Å². The quantitative estimate of drug-likeness (QED) is 0.0991. The molecule has 0 amide bonds. The molecule has 8 rings (SSSR count). The van der Waals surface area contributed by atoms with Crippen molar-refractivity contribution in [2.75, 3.05) is 26.3 Å². The van der Waals surface area contributed by atoms with E-state index in [-0.39, 0.29) is 31.1 Å². The SMILES string of the molecule is O=C(C(COc1ccccc1)N1CCCC[C@@H]1c1csc(-c2ccc(C(F)(F)F)cn2)n1)C(COc1ccccc1)N1CCCC[C@@H]1c1csc(-c2ccc(C(F)(F)F)cn2)n1. The standard InChI is InChI=1S/C45H42F6N6O3S2/c46-44(47,48)29-17-19-33(52-23-29)42-54-35(27-61-42)37-15-7-9-21-56(37)39(25-59-31-11-3-1-4-12-31)41(58)40(26-60-32-13-5-2-6-14-32)57-22-10-8-16-38(57)36-28-62-43(55-36)34-20-18-30(24-53-34)45(49,50)51/h1-6,11-14,17-20,23-24,27-28,37-40H,7-10,15-16,21-22,25-26H2/t37-,38-,39?,40?/m1/s1. The van der Waals surface area contributed by atoms with Crippen molar-refractivity contribution in [3.63, 3.8) is 0 Å². The molecule has 2 aromatic carbocycles. The monoisotopic (exact) mass is 892 g/mol. The Morgan fingerprint density at radius 2 is 1.03 bits per heavy atom. The second-order valence-electron chi connectivity index (χ2n) is 15.2. The predicted octanol–water partition coefficient (Wildman–Crippen LogP) is 11.0. The van der Waals surface area contributed by atoms with Crippen molar-refractivity contribution in [2.45, 2.75) is 75.0 Å². The van der Waals surface area contributed by atoms with E-state index in [1.54, 1.807) is 0 Å². The maximum absolute atomic E-state index is 15.6. The van der Waals surface area contributed by atoms with Crippen LogP contribution in [0.2, 0.25) is 0 Å². The molecule has 2 unspecified atom stereocenters. The summed E-state index contributed by atoms with van der Waals surface area (Å²) in [7, 11) is 0. The molecule has 4 aromatic heterocycles. The molecule has 2 aliphatic rings. The Balaban J connectivity index is 1.13. The van der Waals surface area contributed by atoms with Crippen LogP contribution in [0.3, 0.4) is 0 Å². The molecule has 2 fully saturated rings. The van der Waals surface area contributed by atoms with Gasteiger partial charge in [-0.3, -0.25) is 24.6 Å². The third kappa shape index (κ3) is 10.2. The molecule has 0 aliphatic carbocycles. The summed E-state index contributed by atoms with van der Waals surface area (Å²) in [4.78, 5) is 37.9. The summed E-state index contributed by atoms with van der Waals surface area (Å²) in [5, 5.41) is 4.72. The lowest BCUT2D eigenvalue weighted by atomic mass is 9.91. The van der Waals surface area contributed by atoms with Gasteiger partial charge in [-0.05, 0) is 87.3 Å². The Bertz CT molecular complexity index is 2210. The zero-order valence-corrected chi connectivity index (χ0v) is 34.9. The minimum absolute atomic E-state index is 0.0254. The fourth-order valence-corrected chi connectivity index (χ4v) is 9.75. The number of hydrogen-bond acceptors (Lipinski definition) is 11. The molecule has 0 bridgehead atoms. The second-order valence-corrected chi connectivity index (χ2v) is 16.9. The van der Waals surface area contributed by atoms with E-state index in [0.717, 1.165) is 50.2 Å². The number of piperidine rings is 2. The van der Waals surface area contributed by atoms with Crippen LogP contribution in [0.15, 0.2) is 108 Å². The molecule has 62 heavy (non-hydrogen) atoms. The first-order valence-corrected chi connectivity index (χ1v) is 22.1. The number of benzene rings is 2. The van der Waals surface area contributed by atoms with Gasteiger partial charge in [0.2, 0.25) is 0 Å². The van der Waals surface area contributed by atoms with Gasteiger partial charge >= 0.3 is 12.4 Å². The summed E-state index contributed by atoms with van der Waals surface area (Å²) < 4.78 is 92.7. The number of nitrogens with zero attached hydrogens (tertiary/aromatic N) is 6. The van der Waals surface area contributed by atoms with Crippen molar-refractivity contribution in [1.82, 2.24) is 29.7 Å². The number of Topliss-reactive ketones (excluding diaryl/α,β-unsaturated/α-hetero) is 1. The number of carbonyl (C=O) groups is 1. The van der Waals surface area contributed by atoms with Crippen LogP contribution in [0.1, 0.15) is 73.1 Å². The van der Waals surface area contributed by atoms with E-state index in [0.29, 0.717) is 70.2 Å². The highest BCUT2D eigenvalue weighted by molar-refractivity contribution is 7.13. The highest BCUT2D eigenvalue weighted by atomic mass is 32.1. The van der Waals surface area contributed by atoms with Crippen LogP contribution < -0.4 is 9.47 Å². The summed E-state index contributed by atoms with van der Waals surface area (Å²) in [5.41, 5.74) is 0.358. The molecule has 6 heterocycles. The van der Waals surface area contributed by atoms with Gasteiger partial charge in [0.25, 0.3) is 0 Å². The zero-order chi connectivity index (χ0) is 43.3. The van der Waals surface area contributed by atoms with Crippen molar-refractivity contribution in [3.8, 4) is 32.9 Å². The van der Waals surface area contributed by atoms with Gasteiger partial charge in [0.1, 0.15) is 46.8 Å². The molecular formula is C45H42F6N6O3S2. The van der Waals surface area contributed by atoms with Gasteiger partial charge in [0.05, 0.1) is 46.0 Å². The van der Waals surface area contributed by atoms with E-state index in [9.17, 15) is 26.3 Å². The summed E-state index contributed by atoms with van der Waals surface area (Å²) in [6.07, 6.45) is -2.64. The van der Waals surface area contributed by atoms with E-state index < -0.39 is 35.6 Å². The summed E-state index contributed by atoms with van der Waals surface area (Å²) in [6.45, 7) is 1.18. The Morgan fingerprint density at radius 1 is 0.613 bits per heavy atom. The van der Waals surface area contributed by atoms with E-state index in [1.165, 1.54) is 34.8 Å². The average Bonchev–Trinajstić information content (AvgIpc) is 3.99. The number of halogens is 6. The molecule has 2 aliphatic heterocycles. The number of alkyl halides is 6. The topological polar surface area (TPSA) is 93.6 Å². The van der Waals surface area contributed by atoms with Crippen molar-refractivity contribution in [2.24, 2.45) is 0 Å². The molecule has 9 nitrogen and oxygen atoms in total. The first kappa shape index (κ1) is 43.4. The highest BCUT2D eigenvalue weighted by Gasteiger charge is 2.43. The number of likely N-dealkylation sites (tertiary alicyclic amines) is 2. The second kappa shape index (κ2) is 19.0. The molecule has 4 atom stereocenters. The average molecular weight is 893 g/mol. The molecule has 0 N–H and O–H groups in total. The molecule has 0 spiro atoms. The number of thiazole rings is 2. The normalized spacial score (nSPS) is 18.9. The maximum atomic E-state index is 15.6. The third-order valence-corrected chi connectivity index (χ3v) is 13.0. The number of carbonyl (C=O) groups excluding carboxylic acids is 1. The molecule has 2 saturated heterocycles. The molecule has 0 radical (unpaired) electrons. The van der Waals surface area contributed by atoms with Crippen LogP contribution >= 0.6 is 22.7 Å². The van der Waals surface area contributed by atoms with Gasteiger partial charge < -0.3 is 9.47 Å². The Hall–Kier alpha value is -5.23. The predicted molar refractivity (Wildman–Crippen MR) is 224 cm³/mol. The molecule has 324 valence electrons. The van der Waals surface area contributed by atoms with Gasteiger partial charge in [-0.15, -0.1) is 22.7 Å². The number of pyridine rings is 2. The van der Waals surface area contributed by atoms with Crippen LogP contribution in [0, 0.1) is 0 Å². The van der Waals surface area contributed by atoms with Crippen molar-refractivity contribution in [1.29, 1.82) is 0 Å². The first-order chi connectivity index (χ1) is 29.9. The molecular weight excluding hydrogens is 851 g/mol. The number of ketones is 1. The first-order valence-electron chi connectivity index (χ1n) is 20.3. The van der Waals surface area contributed by atoms with Crippen LogP contribution in [0.4, 0.5) is 26.3 Å². The Labute approximate surface area is 362 Å². The fourth-order valence-electron chi connectivity index (χ4n) is 8.07. The minimum Gasteiger partial charge on any atom is -0.491 e. The lowest BCUT2D eigenvalue weighted by Crippen LogP contribution is -2.58. The lowest BCUT2D eigenvalue weighted by molar-refractivity contribution is -0.138. The molecule has 6 aromatic rings. The van der Waals surface area contributed by atoms with Gasteiger partial charge in [0, 0.05) is 23.2 Å². The van der Waals surface area contributed by atoms with Crippen LogP contribution in [0.5, 0.6) is 11.5 Å². The Kier molecular flexibility index (Phi) is 13.3. The zero-order valence-electron chi connectivity index (χ0n) is 33.3. The van der Waals surface area contributed by atoms with Gasteiger partial charge in [-0.2, -0.15) is 26.3 Å². The van der Waals surface area contributed by atoms with Gasteiger partial charge in [-0.1, -0.05) is 49.2 Å². The van der Waals surface area contributed by atoms with E-state index in [2.05, 4.69) is 19.8 Å². The number of para-hydroxylation sites is 2. The van der Waals surface area contributed by atoms with Crippen LogP contribution in [0.25, 0.3) is 21.4 Å². The van der Waals surface area contributed by atoms with Crippen molar-refractivity contribution >= 4 is 28.5 Å². The minimum atomic E-state index is -4.51. The largest absolute Gasteiger partial charge is 0.491 e. The van der Waals surface area contributed by atoms with E-state index in [1.807, 2.05) is 71.4 Å². The van der Waals surface area contributed by atoms with Crippen LogP contribution in [-0.2, 0) is 17.1 Å².